The summed E-state index contributed by atoms with van der Waals surface area (Å²) in [6.07, 6.45) is 0.161. The van der Waals surface area contributed by atoms with E-state index in [1.165, 1.54) is 0 Å². The number of esters is 1. The van der Waals surface area contributed by atoms with Gasteiger partial charge in [0.1, 0.15) is 0 Å². The average molecular weight is 187 g/mol. The Kier molecular flexibility index (Phi) is 4.10. The molecule has 0 aromatic carbocycles. The molecular weight excluding hydrogens is 170 g/mol. The van der Waals surface area contributed by atoms with Gasteiger partial charge in [0.05, 0.1) is 0 Å². The van der Waals surface area contributed by atoms with Crippen LogP contribution in [-0.4, -0.2) is 17.0 Å². The lowest BCUT2D eigenvalue weighted by molar-refractivity contribution is -0.203. The van der Waals surface area contributed by atoms with E-state index in [2.05, 4.69) is 4.74 Å². The highest BCUT2D eigenvalue weighted by atomic mass is 16.7. The Bertz CT molecular complexity index is 227. The number of rotatable bonds is 3. The van der Waals surface area contributed by atoms with Gasteiger partial charge in [-0.3, -0.25) is 5.73 Å². The van der Waals surface area contributed by atoms with Crippen molar-refractivity contribution in [2.45, 2.75) is 40.0 Å². The molecule has 13 heavy (non-hydrogen) atoms. The van der Waals surface area contributed by atoms with Crippen LogP contribution < -0.4 is 5.73 Å². The molecule has 0 bridgehead atoms. The van der Waals surface area contributed by atoms with Crippen molar-refractivity contribution >= 4 is 5.97 Å². The molecule has 0 aromatic rings. The largest absolute Gasteiger partial charge is 0.416 e. The predicted octanol–water partition coefficient (Wildman–Crippen LogP) is 0.901. The summed E-state index contributed by atoms with van der Waals surface area (Å²) in [5.41, 5.74) is 6.56. The molecule has 0 amide bonds. The summed E-state index contributed by atoms with van der Waals surface area (Å²) in [4.78, 5) is 11.2. The molecule has 76 valence electrons. The fourth-order valence-electron chi connectivity index (χ4n) is 0.513. The molecule has 1 unspecified atom stereocenters. The van der Waals surface area contributed by atoms with Crippen LogP contribution in [0.25, 0.3) is 0 Å². The summed E-state index contributed by atoms with van der Waals surface area (Å²) in [7, 11) is 0. The van der Waals surface area contributed by atoms with E-state index in [-0.39, 0.29) is 6.42 Å². The number of ether oxygens (including phenoxy) is 1. The van der Waals surface area contributed by atoms with Gasteiger partial charge < -0.3 is 9.84 Å². The lowest BCUT2D eigenvalue weighted by atomic mass is 10.2. The predicted molar refractivity (Wildman–Crippen MR) is 49.6 cm³/mol. The van der Waals surface area contributed by atoms with Crippen LogP contribution in [0.4, 0.5) is 0 Å². The van der Waals surface area contributed by atoms with Crippen molar-refractivity contribution in [3.63, 3.8) is 0 Å². The topological polar surface area (TPSA) is 72.6 Å². The molecule has 0 fully saturated rings. The molecule has 4 heteroatoms. The van der Waals surface area contributed by atoms with Gasteiger partial charge in [0, 0.05) is 12.0 Å². The Hall–Kier alpha value is -0.870. The number of nitrogens with two attached hydrogens (primary N) is 1. The lowest BCUT2D eigenvalue weighted by Crippen LogP contribution is -2.43. The standard InChI is InChI=1S/C9H17NO3/c1-5-9(10,12)13-8(11)7(4)6(2)3/h12H,5,10H2,1-4H3. The minimum absolute atomic E-state index is 0.161. The van der Waals surface area contributed by atoms with E-state index in [0.717, 1.165) is 5.57 Å². The van der Waals surface area contributed by atoms with Crippen LogP contribution in [0.3, 0.4) is 0 Å². The van der Waals surface area contributed by atoms with Crippen LogP contribution in [0.2, 0.25) is 0 Å². The zero-order valence-corrected chi connectivity index (χ0v) is 8.55. The first kappa shape index (κ1) is 12.1. The van der Waals surface area contributed by atoms with E-state index >= 15 is 0 Å². The van der Waals surface area contributed by atoms with Crippen LogP contribution in [0.15, 0.2) is 11.1 Å². The molecular formula is C9H17NO3. The second kappa shape index (κ2) is 4.39. The molecule has 0 saturated heterocycles. The van der Waals surface area contributed by atoms with Gasteiger partial charge in [0.25, 0.3) is 5.91 Å². The Morgan fingerprint density at radius 2 is 1.92 bits per heavy atom. The van der Waals surface area contributed by atoms with E-state index in [4.69, 9.17) is 5.73 Å². The fourth-order valence-corrected chi connectivity index (χ4v) is 0.513. The third kappa shape index (κ3) is 4.05. The Morgan fingerprint density at radius 1 is 1.46 bits per heavy atom. The van der Waals surface area contributed by atoms with Crippen LogP contribution in [-0.2, 0) is 9.53 Å². The van der Waals surface area contributed by atoms with Crippen LogP contribution in [0.5, 0.6) is 0 Å². The quantitative estimate of drug-likeness (QED) is 0.391. The molecule has 0 heterocycles. The van der Waals surface area contributed by atoms with Crippen LogP contribution in [0, 0.1) is 0 Å². The molecule has 0 spiro atoms. The molecule has 0 rings (SSSR count). The number of carbonyl (C=O) groups is 1. The third-order valence-corrected chi connectivity index (χ3v) is 1.83. The van der Waals surface area contributed by atoms with Gasteiger partial charge in [-0.25, -0.2) is 4.79 Å². The first-order valence-corrected chi connectivity index (χ1v) is 4.19. The van der Waals surface area contributed by atoms with Crippen LogP contribution in [0.1, 0.15) is 34.1 Å². The van der Waals surface area contributed by atoms with Gasteiger partial charge in [-0.05, 0) is 20.8 Å². The Labute approximate surface area is 78.4 Å². The van der Waals surface area contributed by atoms with E-state index in [0.29, 0.717) is 5.57 Å². The maximum absolute atomic E-state index is 11.2. The van der Waals surface area contributed by atoms with Crippen molar-refractivity contribution in [1.82, 2.24) is 0 Å². The Morgan fingerprint density at radius 3 is 2.23 bits per heavy atom. The molecule has 0 aliphatic rings. The van der Waals surface area contributed by atoms with E-state index < -0.39 is 11.9 Å². The van der Waals surface area contributed by atoms with Crippen molar-refractivity contribution in [1.29, 1.82) is 0 Å². The van der Waals surface area contributed by atoms with E-state index in [1.807, 2.05) is 0 Å². The molecule has 0 aliphatic heterocycles. The summed E-state index contributed by atoms with van der Waals surface area (Å²) < 4.78 is 4.65. The van der Waals surface area contributed by atoms with Gasteiger partial charge >= 0.3 is 5.97 Å². The zero-order chi connectivity index (χ0) is 10.6. The number of allylic oxidation sites excluding steroid dienone is 1. The molecule has 0 saturated carbocycles. The van der Waals surface area contributed by atoms with Gasteiger partial charge in [-0.15, -0.1) is 0 Å². The second-order valence-electron chi connectivity index (χ2n) is 3.21. The first-order chi connectivity index (χ1) is 5.80. The highest BCUT2D eigenvalue weighted by Gasteiger charge is 2.24. The van der Waals surface area contributed by atoms with Crippen molar-refractivity contribution in [3.05, 3.63) is 11.1 Å². The molecule has 4 nitrogen and oxygen atoms in total. The van der Waals surface area contributed by atoms with Gasteiger partial charge in [0.2, 0.25) is 0 Å². The average Bonchev–Trinajstić information content (AvgIpc) is 2.02. The monoisotopic (exact) mass is 187 g/mol. The summed E-state index contributed by atoms with van der Waals surface area (Å²) in [6.45, 7) is 6.84. The SMILES string of the molecule is CCC(N)(O)OC(=O)C(C)=C(C)C. The van der Waals surface area contributed by atoms with Crippen molar-refractivity contribution in [2.75, 3.05) is 0 Å². The van der Waals surface area contributed by atoms with Gasteiger partial charge in [0.15, 0.2) is 0 Å². The number of aliphatic hydroxyl groups is 1. The number of carbonyl (C=O) groups excluding carboxylic acids is 1. The molecule has 0 aliphatic carbocycles. The van der Waals surface area contributed by atoms with Crippen LogP contribution >= 0.6 is 0 Å². The number of hydrogen-bond donors (Lipinski definition) is 2. The normalized spacial score (nSPS) is 14.6. The highest BCUT2D eigenvalue weighted by Crippen LogP contribution is 2.10. The highest BCUT2D eigenvalue weighted by molar-refractivity contribution is 5.88. The first-order valence-electron chi connectivity index (χ1n) is 4.19. The maximum Gasteiger partial charge on any atom is 0.337 e. The van der Waals surface area contributed by atoms with Gasteiger partial charge in [-0.1, -0.05) is 12.5 Å². The zero-order valence-electron chi connectivity index (χ0n) is 8.55. The molecule has 3 N–H and O–H groups in total. The third-order valence-electron chi connectivity index (χ3n) is 1.83. The fraction of sp³-hybridized carbons (Fsp3) is 0.667. The van der Waals surface area contributed by atoms with Crippen molar-refractivity contribution in [2.24, 2.45) is 5.73 Å². The van der Waals surface area contributed by atoms with E-state index in [9.17, 15) is 9.90 Å². The number of hydrogen-bond acceptors (Lipinski definition) is 4. The van der Waals surface area contributed by atoms with Gasteiger partial charge in [-0.2, -0.15) is 0 Å². The minimum Gasteiger partial charge on any atom is -0.416 e. The second-order valence-corrected chi connectivity index (χ2v) is 3.21. The molecule has 0 radical (unpaired) electrons. The maximum atomic E-state index is 11.2. The summed E-state index contributed by atoms with van der Waals surface area (Å²) >= 11 is 0. The Balaban J connectivity index is 4.42. The summed E-state index contributed by atoms with van der Waals surface area (Å²) in [5, 5.41) is 9.24. The van der Waals surface area contributed by atoms with Crippen molar-refractivity contribution in [3.8, 4) is 0 Å². The minimum atomic E-state index is -1.85. The summed E-state index contributed by atoms with van der Waals surface area (Å²) in [6, 6.07) is 0. The smallest absolute Gasteiger partial charge is 0.337 e. The molecule has 1 atom stereocenters. The van der Waals surface area contributed by atoms with E-state index in [1.54, 1.807) is 27.7 Å². The lowest BCUT2D eigenvalue weighted by Gasteiger charge is -2.21. The summed E-state index contributed by atoms with van der Waals surface area (Å²) in [5.74, 6) is -2.43. The molecule has 0 aromatic heterocycles. The van der Waals surface area contributed by atoms with Crippen molar-refractivity contribution < 1.29 is 14.6 Å².